The highest BCUT2D eigenvalue weighted by Crippen LogP contribution is 2.25. The van der Waals surface area contributed by atoms with E-state index in [1.54, 1.807) is 0 Å². The van der Waals surface area contributed by atoms with Crippen molar-refractivity contribution >= 4 is 5.69 Å². The summed E-state index contributed by atoms with van der Waals surface area (Å²) in [5, 5.41) is 12.5. The molecule has 2 N–H and O–H groups in total. The Morgan fingerprint density at radius 2 is 1.95 bits per heavy atom. The zero-order valence-corrected chi connectivity index (χ0v) is 12.7. The number of benzene rings is 1. The van der Waals surface area contributed by atoms with Gasteiger partial charge in [0.1, 0.15) is 0 Å². The van der Waals surface area contributed by atoms with Gasteiger partial charge in [0.05, 0.1) is 6.61 Å². The summed E-state index contributed by atoms with van der Waals surface area (Å²) in [6, 6.07) is 7.10. The highest BCUT2D eigenvalue weighted by atomic mass is 16.3. The molecule has 1 rings (SSSR count). The topological polar surface area (TPSA) is 35.5 Å². The molecule has 0 heterocycles. The molecule has 0 fully saturated rings. The van der Waals surface area contributed by atoms with E-state index < -0.39 is 0 Å². The lowest BCUT2D eigenvalue weighted by Gasteiger charge is -2.33. The molecule has 0 aliphatic rings. The van der Waals surface area contributed by atoms with E-state index in [1.807, 2.05) is 7.05 Å². The lowest BCUT2D eigenvalue weighted by Crippen LogP contribution is -2.37. The third-order valence-electron chi connectivity index (χ3n) is 3.68. The van der Waals surface area contributed by atoms with Gasteiger partial charge in [-0.1, -0.05) is 26.0 Å². The van der Waals surface area contributed by atoms with Crippen molar-refractivity contribution in [3.8, 4) is 0 Å². The van der Waals surface area contributed by atoms with Crippen molar-refractivity contribution in [1.82, 2.24) is 5.32 Å². The Bertz CT molecular complexity index is 375. The smallest absolute Gasteiger partial charge is 0.0606 e. The molecular formula is C16H28N2O. The van der Waals surface area contributed by atoms with Crippen LogP contribution in [0.3, 0.4) is 0 Å². The van der Waals surface area contributed by atoms with Crippen LogP contribution in [0, 0.1) is 6.92 Å². The zero-order valence-electron chi connectivity index (χ0n) is 12.7. The highest BCUT2D eigenvalue weighted by Gasteiger charge is 2.16. The molecule has 108 valence electrons. The standard InChI is InChI=1S/C16H28N2O/c1-5-15(6-2)18(9-10-19)16-8-7-14(12-17-4)11-13(16)3/h7-8,11,15,17,19H,5-6,9-10,12H2,1-4H3. The van der Waals surface area contributed by atoms with Gasteiger partial charge in [0.15, 0.2) is 0 Å². The molecule has 19 heavy (non-hydrogen) atoms. The van der Waals surface area contributed by atoms with Crippen molar-refractivity contribution in [3.63, 3.8) is 0 Å². The maximum atomic E-state index is 9.32. The molecule has 1 aromatic rings. The van der Waals surface area contributed by atoms with Gasteiger partial charge in [0.25, 0.3) is 0 Å². The molecule has 0 saturated heterocycles. The number of aliphatic hydroxyl groups excluding tert-OH is 1. The van der Waals surface area contributed by atoms with Gasteiger partial charge in [-0.05, 0) is 44.0 Å². The summed E-state index contributed by atoms with van der Waals surface area (Å²) < 4.78 is 0. The summed E-state index contributed by atoms with van der Waals surface area (Å²) >= 11 is 0. The van der Waals surface area contributed by atoms with Crippen LogP contribution >= 0.6 is 0 Å². The molecule has 0 aliphatic carbocycles. The fourth-order valence-corrected chi connectivity index (χ4v) is 2.69. The molecule has 0 aliphatic heterocycles. The average Bonchev–Trinajstić information content (AvgIpc) is 2.40. The van der Waals surface area contributed by atoms with E-state index in [0.29, 0.717) is 12.6 Å². The molecule has 0 atom stereocenters. The fraction of sp³-hybridized carbons (Fsp3) is 0.625. The minimum absolute atomic E-state index is 0.203. The van der Waals surface area contributed by atoms with Crippen molar-refractivity contribution in [2.45, 2.75) is 46.2 Å². The molecule has 0 bridgehead atoms. The molecule has 1 aromatic carbocycles. The van der Waals surface area contributed by atoms with Crippen molar-refractivity contribution in [1.29, 1.82) is 0 Å². The lowest BCUT2D eigenvalue weighted by atomic mass is 10.0. The Labute approximate surface area is 117 Å². The Morgan fingerprint density at radius 1 is 1.26 bits per heavy atom. The molecule has 3 heteroatoms. The van der Waals surface area contributed by atoms with E-state index in [2.05, 4.69) is 49.2 Å². The number of aryl methyl sites for hydroxylation is 1. The van der Waals surface area contributed by atoms with Gasteiger partial charge in [-0.3, -0.25) is 0 Å². The Balaban J connectivity index is 3.01. The Hall–Kier alpha value is -1.06. The monoisotopic (exact) mass is 264 g/mol. The summed E-state index contributed by atoms with van der Waals surface area (Å²) in [7, 11) is 1.96. The minimum Gasteiger partial charge on any atom is -0.395 e. The van der Waals surface area contributed by atoms with Crippen molar-refractivity contribution in [2.24, 2.45) is 0 Å². The van der Waals surface area contributed by atoms with Gasteiger partial charge in [0.2, 0.25) is 0 Å². The van der Waals surface area contributed by atoms with Crippen LogP contribution in [0.25, 0.3) is 0 Å². The van der Waals surface area contributed by atoms with Crippen LogP contribution in [0.2, 0.25) is 0 Å². The van der Waals surface area contributed by atoms with Crippen molar-refractivity contribution in [2.75, 3.05) is 25.1 Å². The van der Waals surface area contributed by atoms with Gasteiger partial charge >= 0.3 is 0 Å². The predicted octanol–water partition coefficient (Wildman–Crippen LogP) is 2.70. The van der Waals surface area contributed by atoms with Gasteiger partial charge in [-0.15, -0.1) is 0 Å². The summed E-state index contributed by atoms with van der Waals surface area (Å²) in [5.41, 5.74) is 3.84. The number of rotatable bonds is 8. The van der Waals surface area contributed by atoms with Crippen LogP contribution in [0.1, 0.15) is 37.8 Å². The largest absolute Gasteiger partial charge is 0.395 e. The third kappa shape index (κ3) is 4.22. The second-order valence-electron chi connectivity index (χ2n) is 5.04. The number of nitrogens with one attached hydrogen (secondary N) is 1. The lowest BCUT2D eigenvalue weighted by molar-refractivity contribution is 0.296. The Morgan fingerprint density at radius 3 is 2.42 bits per heavy atom. The van der Waals surface area contributed by atoms with E-state index in [0.717, 1.165) is 19.4 Å². The van der Waals surface area contributed by atoms with Crippen molar-refractivity contribution in [3.05, 3.63) is 29.3 Å². The molecule has 0 amide bonds. The van der Waals surface area contributed by atoms with Gasteiger partial charge < -0.3 is 15.3 Å². The summed E-state index contributed by atoms with van der Waals surface area (Å²) in [6.45, 7) is 8.38. The summed E-state index contributed by atoms with van der Waals surface area (Å²) in [4.78, 5) is 2.35. The third-order valence-corrected chi connectivity index (χ3v) is 3.68. The van der Waals surface area contributed by atoms with E-state index >= 15 is 0 Å². The maximum Gasteiger partial charge on any atom is 0.0606 e. The summed E-state index contributed by atoms with van der Waals surface area (Å²) in [6.07, 6.45) is 2.21. The number of anilines is 1. The normalized spacial score (nSPS) is 11.1. The number of nitrogens with zero attached hydrogens (tertiary/aromatic N) is 1. The molecule has 0 aromatic heterocycles. The van der Waals surface area contributed by atoms with E-state index in [4.69, 9.17) is 0 Å². The first kappa shape index (κ1) is 16.0. The Kier molecular flexibility index (Phi) is 6.89. The molecule has 0 saturated carbocycles. The summed E-state index contributed by atoms with van der Waals surface area (Å²) in [5.74, 6) is 0. The van der Waals surface area contributed by atoms with Gasteiger partial charge in [-0.25, -0.2) is 0 Å². The van der Waals surface area contributed by atoms with Crippen LogP contribution in [-0.4, -0.2) is 31.3 Å². The molecule has 0 unspecified atom stereocenters. The maximum absolute atomic E-state index is 9.32. The first-order valence-corrected chi connectivity index (χ1v) is 7.29. The van der Waals surface area contributed by atoms with Gasteiger partial charge in [-0.2, -0.15) is 0 Å². The molecule has 0 radical (unpaired) electrons. The van der Waals surface area contributed by atoms with E-state index in [9.17, 15) is 5.11 Å². The quantitative estimate of drug-likeness (QED) is 0.758. The first-order chi connectivity index (χ1) is 9.17. The van der Waals surface area contributed by atoms with Crippen molar-refractivity contribution < 1.29 is 5.11 Å². The number of hydrogen-bond donors (Lipinski definition) is 2. The second kappa shape index (κ2) is 8.18. The molecule has 0 spiro atoms. The van der Waals surface area contributed by atoms with E-state index in [1.165, 1.54) is 16.8 Å². The van der Waals surface area contributed by atoms with Gasteiger partial charge in [0, 0.05) is 24.8 Å². The number of hydrogen-bond acceptors (Lipinski definition) is 3. The van der Waals surface area contributed by atoms with E-state index in [-0.39, 0.29) is 6.61 Å². The van der Waals surface area contributed by atoms with Crippen LogP contribution in [0.15, 0.2) is 18.2 Å². The van der Waals surface area contributed by atoms with Crippen LogP contribution in [-0.2, 0) is 6.54 Å². The van der Waals surface area contributed by atoms with Crippen LogP contribution in [0.5, 0.6) is 0 Å². The SMILES string of the molecule is CCC(CC)N(CCO)c1ccc(CNC)cc1C. The van der Waals surface area contributed by atoms with Crippen LogP contribution < -0.4 is 10.2 Å². The zero-order chi connectivity index (χ0) is 14.3. The predicted molar refractivity (Wildman–Crippen MR) is 82.7 cm³/mol. The van der Waals surface area contributed by atoms with Crippen LogP contribution in [0.4, 0.5) is 5.69 Å². The number of aliphatic hydroxyl groups is 1. The highest BCUT2D eigenvalue weighted by molar-refractivity contribution is 5.55. The minimum atomic E-state index is 0.203. The first-order valence-electron chi connectivity index (χ1n) is 7.29. The average molecular weight is 264 g/mol. The molecular weight excluding hydrogens is 236 g/mol. The second-order valence-corrected chi connectivity index (χ2v) is 5.04. The fourth-order valence-electron chi connectivity index (χ4n) is 2.69. The molecule has 3 nitrogen and oxygen atoms in total.